The molecule has 0 unspecified atom stereocenters. The molecule has 1 aliphatic carbocycles. The van der Waals surface area contributed by atoms with Crippen LogP contribution >= 0.6 is 24.4 Å². The predicted octanol–water partition coefficient (Wildman–Crippen LogP) is 4.20. The molecule has 0 bridgehead atoms. The highest BCUT2D eigenvalue weighted by Crippen LogP contribution is 2.40. The molecule has 0 atom stereocenters. The molecule has 0 spiro atoms. The molecular formula is C14H21NS2. The molecule has 0 N–H and O–H groups in total. The zero-order valence-electron chi connectivity index (χ0n) is 10.3. The van der Waals surface area contributed by atoms with E-state index in [4.69, 9.17) is 0 Å². The lowest BCUT2D eigenvalue weighted by Crippen LogP contribution is -2.28. The van der Waals surface area contributed by atoms with Crippen molar-refractivity contribution in [3.63, 3.8) is 0 Å². The van der Waals surface area contributed by atoms with Crippen molar-refractivity contribution in [2.24, 2.45) is 5.41 Å². The van der Waals surface area contributed by atoms with Gasteiger partial charge in [-0.3, -0.25) is 4.98 Å². The summed E-state index contributed by atoms with van der Waals surface area (Å²) in [7, 11) is 0. The maximum Gasteiger partial charge on any atom is 0.0502 e. The number of hydrogen-bond acceptors (Lipinski definition) is 3. The van der Waals surface area contributed by atoms with Crippen LogP contribution in [0.4, 0.5) is 0 Å². The standard InChI is InChI=1S/C14H21NS2/c16-11-14(7-3-1-4-8-14)12-17-10-13-6-2-5-9-15-13/h2,5-6,9,16H,1,3-4,7-8,10-12H2. The van der Waals surface area contributed by atoms with Crippen molar-refractivity contribution in [1.82, 2.24) is 4.98 Å². The maximum absolute atomic E-state index is 4.58. The summed E-state index contributed by atoms with van der Waals surface area (Å²) in [6.45, 7) is 0. The summed E-state index contributed by atoms with van der Waals surface area (Å²) in [5, 5.41) is 0. The Morgan fingerprint density at radius 1 is 1.24 bits per heavy atom. The average Bonchev–Trinajstić information content (AvgIpc) is 2.41. The first-order chi connectivity index (χ1) is 8.35. The molecular weight excluding hydrogens is 246 g/mol. The number of aromatic nitrogens is 1. The van der Waals surface area contributed by atoms with Gasteiger partial charge in [-0.15, -0.1) is 0 Å². The highest BCUT2D eigenvalue weighted by Gasteiger charge is 2.30. The number of nitrogens with zero attached hydrogens (tertiary/aromatic N) is 1. The molecule has 1 heterocycles. The Labute approximate surface area is 114 Å². The molecule has 0 aromatic carbocycles. The van der Waals surface area contributed by atoms with E-state index in [1.807, 2.05) is 24.0 Å². The second-order valence-electron chi connectivity index (χ2n) is 5.03. The van der Waals surface area contributed by atoms with Gasteiger partial charge in [-0.2, -0.15) is 24.4 Å². The molecule has 1 saturated carbocycles. The van der Waals surface area contributed by atoms with E-state index in [2.05, 4.69) is 29.7 Å². The second kappa shape index (κ2) is 6.69. The van der Waals surface area contributed by atoms with Crippen molar-refractivity contribution in [3.05, 3.63) is 30.1 Å². The average molecular weight is 267 g/mol. The molecule has 1 fully saturated rings. The molecule has 1 aromatic rings. The fraction of sp³-hybridized carbons (Fsp3) is 0.643. The van der Waals surface area contributed by atoms with Crippen LogP contribution in [-0.4, -0.2) is 16.5 Å². The van der Waals surface area contributed by atoms with Gasteiger partial charge in [0.25, 0.3) is 0 Å². The quantitative estimate of drug-likeness (QED) is 0.803. The van der Waals surface area contributed by atoms with Crippen LogP contribution in [0.3, 0.4) is 0 Å². The van der Waals surface area contributed by atoms with Crippen LogP contribution in [0.15, 0.2) is 24.4 Å². The molecule has 0 aliphatic heterocycles. The van der Waals surface area contributed by atoms with Crippen molar-refractivity contribution in [2.75, 3.05) is 11.5 Å². The first kappa shape index (κ1) is 13.3. The topological polar surface area (TPSA) is 12.9 Å². The van der Waals surface area contributed by atoms with Gasteiger partial charge in [0.2, 0.25) is 0 Å². The summed E-state index contributed by atoms with van der Waals surface area (Å²) < 4.78 is 0. The zero-order chi connectivity index (χ0) is 12.0. The number of rotatable bonds is 5. The van der Waals surface area contributed by atoms with E-state index in [1.54, 1.807) is 0 Å². The van der Waals surface area contributed by atoms with Gasteiger partial charge in [-0.25, -0.2) is 0 Å². The molecule has 2 rings (SSSR count). The largest absolute Gasteiger partial charge is 0.260 e. The molecule has 1 aliphatic rings. The molecule has 0 radical (unpaired) electrons. The van der Waals surface area contributed by atoms with Gasteiger partial charge in [0.1, 0.15) is 0 Å². The molecule has 0 saturated heterocycles. The molecule has 3 heteroatoms. The van der Waals surface area contributed by atoms with Crippen LogP contribution in [0.25, 0.3) is 0 Å². The van der Waals surface area contributed by atoms with Crippen LogP contribution in [0.2, 0.25) is 0 Å². The van der Waals surface area contributed by atoms with Crippen LogP contribution in [0, 0.1) is 5.41 Å². The summed E-state index contributed by atoms with van der Waals surface area (Å²) in [6, 6.07) is 6.16. The molecule has 94 valence electrons. The Bertz CT molecular complexity index is 320. The van der Waals surface area contributed by atoms with E-state index in [9.17, 15) is 0 Å². The van der Waals surface area contributed by atoms with Crippen LogP contribution in [0.1, 0.15) is 37.8 Å². The van der Waals surface area contributed by atoms with Crippen LogP contribution < -0.4 is 0 Å². The first-order valence-electron chi connectivity index (χ1n) is 6.43. The molecule has 17 heavy (non-hydrogen) atoms. The number of thiol groups is 1. The van der Waals surface area contributed by atoms with Gasteiger partial charge in [-0.05, 0) is 36.1 Å². The fourth-order valence-electron chi connectivity index (χ4n) is 2.51. The van der Waals surface area contributed by atoms with E-state index in [1.165, 1.54) is 43.6 Å². The van der Waals surface area contributed by atoms with Crippen molar-refractivity contribution >= 4 is 24.4 Å². The SMILES string of the molecule is SCC1(CSCc2ccccn2)CCCCC1. The van der Waals surface area contributed by atoms with E-state index >= 15 is 0 Å². The van der Waals surface area contributed by atoms with Gasteiger partial charge in [0.15, 0.2) is 0 Å². The molecule has 1 aromatic heterocycles. The van der Waals surface area contributed by atoms with Gasteiger partial charge >= 0.3 is 0 Å². The first-order valence-corrected chi connectivity index (χ1v) is 8.22. The van der Waals surface area contributed by atoms with Crippen molar-refractivity contribution in [3.8, 4) is 0 Å². The third-order valence-electron chi connectivity index (χ3n) is 3.63. The highest BCUT2D eigenvalue weighted by atomic mass is 32.2. The van der Waals surface area contributed by atoms with Crippen molar-refractivity contribution in [2.45, 2.75) is 37.9 Å². The highest BCUT2D eigenvalue weighted by molar-refractivity contribution is 7.98. The molecule has 1 nitrogen and oxygen atoms in total. The predicted molar refractivity (Wildman–Crippen MR) is 79.8 cm³/mol. The Balaban J connectivity index is 1.80. The summed E-state index contributed by atoms with van der Waals surface area (Å²) in [4.78, 5) is 4.37. The normalized spacial score (nSPS) is 19.1. The number of hydrogen-bond donors (Lipinski definition) is 1. The van der Waals surface area contributed by atoms with Gasteiger partial charge in [0.05, 0.1) is 5.69 Å². The lowest BCUT2D eigenvalue weighted by molar-refractivity contribution is 0.259. The Morgan fingerprint density at radius 2 is 2.06 bits per heavy atom. The van der Waals surface area contributed by atoms with Crippen molar-refractivity contribution in [1.29, 1.82) is 0 Å². The summed E-state index contributed by atoms with van der Waals surface area (Å²) in [5.74, 6) is 3.33. The zero-order valence-corrected chi connectivity index (χ0v) is 12.0. The summed E-state index contributed by atoms with van der Waals surface area (Å²) in [6.07, 6.45) is 8.82. The lowest BCUT2D eigenvalue weighted by Gasteiger charge is -2.35. The monoisotopic (exact) mass is 267 g/mol. The third-order valence-corrected chi connectivity index (χ3v) is 5.62. The minimum atomic E-state index is 0.501. The van der Waals surface area contributed by atoms with Gasteiger partial charge in [0, 0.05) is 17.7 Å². The smallest absolute Gasteiger partial charge is 0.0502 e. The van der Waals surface area contributed by atoms with Crippen LogP contribution in [0.5, 0.6) is 0 Å². The van der Waals surface area contributed by atoms with Gasteiger partial charge < -0.3 is 0 Å². The fourth-order valence-corrected chi connectivity index (χ4v) is 4.39. The minimum absolute atomic E-state index is 0.501. The Kier molecular flexibility index (Phi) is 5.23. The van der Waals surface area contributed by atoms with E-state index in [0.29, 0.717) is 5.41 Å². The van der Waals surface area contributed by atoms with E-state index in [-0.39, 0.29) is 0 Å². The number of pyridine rings is 1. The van der Waals surface area contributed by atoms with E-state index in [0.717, 1.165) is 11.5 Å². The summed E-state index contributed by atoms with van der Waals surface area (Å²) >= 11 is 6.61. The maximum atomic E-state index is 4.58. The Hall–Kier alpha value is -0.150. The lowest BCUT2D eigenvalue weighted by atomic mass is 9.77. The minimum Gasteiger partial charge on any atom is -0.260 e. The second-order valence-corrected chi connectivity index (χ2v) is 6.33. The third kappa shape index (κ3) is 3.92. The Morgan fingerprint density at radius 3 is 2.71 bits per heavy atom. The molecule has 0 amide bonds. The van der Waals surface area contributed by atoms with Crippen LogP contribution in [-0.2, 0) is 5.75 Å². The summed E-state index contributed by atoms with van der Waals surface area (Å²) in [5.41, 5.74) is 1.70. The number of thioether (sulfide) groups is 1. The van der Waals surface area contributed by atoms with Gasteiger partial charge in [-0.1, -0.05) is 25.3 Å². The van der Waals surface area contributed by atoms with E-state index < -0.39 is 0 Å². The van der Waals surface area contributed by atoms with Crippen molar-refractivity contribution < 1.29 is 0 Å².